The van der Waals surface area contributed by atoms with Crippen LogP contribution in [0, 0.1) is 0 Å². The zero-order chi connectivity index (χ0) is 9.68. The lowest BCUT2D eigenvalue weighted by molar-refractivity contribution is -0.104. The minimum Gasteiger partial charge on any atom is -0.491 e. The molecule has 0 saturated heterocycles. The van der Waals surface area contributed by atoms with Crippen LogP contribution in [0.5, 0.6) is 0 Å². The van der Waals surface area contributed by atoms with Crippen LogP contribution in [-0.4, -0.2) is 12.4 Å². The molecule has 1 rings (SSSR count). The van der Waals surface area contributed by atoms with E-state index in [0.29, 0.717) is 5.57 Å². The Morgan fingerprint density at radius 1 is 1.38 bits per heavy atom. The molecule has 0 heterocycles. The Bertz CT molecular complexity index is 270. The molecule has 1 aliphatic carbocycles. The molecule has 0 radical (unpaired) electrons. The van der Waals surface area contributed by atoms with Crippen molar-refractivity contribution in [2.75, 3.05) is 0 Å². The minimum atomic E-state index is 0.175. The van der Waals surface area contributed by atoms with Crippen molar-refractivity contribution >= 4 is 6.29 Å². The summed E-state index contributed by atoms with van der Waals surface area (Å²) in [5.74, 6) is 0.836. The maximum atomic E-state index is 10.5. The van der Waals surface area contributed by atoms with Crippen molar-refractivity contribution in [3.05, 3.63) is 35.6 Å². The molecule has 0 saturated carbocycles. The number of aldehydes is 1. The first-order valence-corrected chi connectivity index (χ1v) is 4.42. The van der Waals surface area contributed by atoms with Gasteiger partial charge < -0.3 is 4.74 Å². The minimum absolute atomic E-state index is 0.175. The standard InChI is InChI=1S/C11H14O2/c1-9(2)13-11-5-3-4-10(8-12)6-7-11/h4-9H,3H2,1-2H3. The molecule has 0 aliphatic heterocycles. The van der Waals surface area contributed by atoms with Gasteiger partial charge in [0.1, 0.15) is 12.0 Å². The molecule has 0 unspecified atom stereocenters. The smallest absolute Gasteiger partial charge is 0.149 e. The van der Waals surface area contributed by atoms with E-state index in [9.17, 15) is 4.79 Å². The summed E-state index contributed by atoms with van der Waals surface area (Å²) >= 11 is 0. The summed E-state index contributed by atoms with van der Waals surface area (Å²) in [7, 11) is 0. The van der Waals surface area contributed by atoms with Crippen molar-refractivity contribution in [3.63, 3.8) is 0 Å². The van der Waals surface area contributed by atoms with E-state index in [2.05, 4.69) is 0 Å². The van der Waals surface area contributed by atoms with Gasteiger partial charge in [-0.25, -0.2) is 0 Å². The normalized spacial score (nSPS) is 16.2. The highest BCUT2D eigenvalue weighted by molar-refractivity contribution is 5.77. The van der Waals surface area contributed by atoms with Gasteiger partial charge in [0.15, 0.2) is 0 Å². The van der Waals surface area contributed by atoms with Gasteiger partial charge in [-0.3, -0.25) is 4.79 Å². The number of carbonyl (C=O) groups excluding carboxylic acids is 1. The van der Waals surface area contributed by atoms with E-state index in [1.54, 1.807) is 6.08 Å². The van der Waals surface area contributed by atoms with Crippen LogP contribution in [0.2, 0.25) is 0 Å². The first-order chi connectivity index (χ1) is 6.22. The fourth-order valence-electron chi connectivity index (χ4n) is 1.07. The maximum absolute atomic E-state index is 10.5. The lowest BCUT2D eigenvalue weighted by atomic mass is 10.2. The Morgan fingerprint density at radius 3 is 2.77 bits per heavy atom. The third kappa shape index (κ3) is 3.28. The summed E-state index contributed by atoms with van der Waals surface area (Å²) in [6.07, 6.45) is 9.22. The second-order valence-electron chi connectivity index (χ2n) is 3.16. The summed E-state index contributed by atoms with van der Waals surface area (Å²) < 4.78 is 5.49. The number of ether oxygens (including phenoxy) is 1. The van der Waals surface area contributed by atoms with Gasteiger partial charge in [-0.15, -0.1) is 0 Å². The highest BCUT2D eigenvalue weighted by Gasteiger charge is 2.00. The van der Waals surface area contributed by atoms with Gasteiger partial charge >= 0.3 is 0 Å². The Kier molecular flexibility index (Phi) is 3.50. The van der Waals surface area contributed by atoms with Crippen LogP contribution >= 0.6 is 0 Å². The van der Waals surface area contributed by atoms with E-state index in [4.69, 9.17) is 4.74 Å². The van der Waals surface area contributed by atoms with Crippen molar-refractivity contribution in [3.8, 4) is 0 Å². The first kappa shape index (κ1) is 9.78. The molecule has 70 valence electrons. The van der Waals surface area contributed by atoms with E-state index in [1.165, 1.54) is 0 Å². The average Bonchev–Trinajstić information content (AvgIpc) is 2.29. The van der Waals surface area contributed by atoms with Crippen LogP contribution in [0.25, 0.3) is 0 Å². The topological polar surface area (TPSA) is 26.3 Å². The van der Waals surface area contributed by atoms with E-state index in [-0.39, 0.29) is 6.10 Å². The molecule has 0 aromatic rings. The van der Waals surface area contributed by atoms with Crippen LogP contribution in [0.4, 0.5) is 0 Å². The number of hydrogen-bond donors (Lipinski definition) is 0. The lowest BCUT2D eigenvalue weighted by Crippen LogP contribution is -2.00. The van der Waals surface area contributed by atoms with Crippen molar-refractivity contribution in [2.45, 2.75) is 26.4 Å². The van der Waals surface area contributed by atoms with Gasteiger partial charge in [0.2, 0.25) is 0 Å². The van der Waals surface area contributed by atoms with Gasteiger partial charge in [0.05, 0.1) is 6.10 Å². The molecule has 0 fully saturated rings. The average molecular weight is 178 g/mol. The predicted octanol–water partition coefficient (Wildman–Crippen LogP) is 2.38. The van der Waals surface area contributed by atoms with Crippen LogP contribution < -0.4 is 0 Å². The van der Waals surface area contributed by atoms with E-state index < -0.39 is 0 Å². The molecular weight excluding hydrogens is 164 g/mol. The van der Waals surface area contributed by atoms with Gasteiger partial charge in [-0.1, -0.05) is 6.08 Å². The Hall–Kier alpha value is -1.31. The highest BCUT2D eigenvalue weighted by atomic mass is 16.5. The summed E-state index contributed by atoms with van der Waals surface area (Å²) in [5, 5.41) is 0. The first-order valence-electron chi connectivity index (χ1n) is 4.42. The Morgan fingerprint density at radius 2 is 2.15 bits per heavy atom. The number of rotatable bonds is 3. The van der Waals surface area contributed by atoms with Gasteiger partial charge in [-0.05, 0) is 38.5 Å². The molecule has 2 nitrogen and oxygen atoms in total. The van der Waals surface area contributed by atoms with Crippen molar-refractivity contribution in [2.24, 2.45) is 0 Å². The number of allylic oxidation sites excluding steroid dienone is 5. The van der Waals surface area contributed by atoms with E-state index in [1.807, 2.05) is 32.1 Å². The highest BCUT2D eigenvalue weighted by Crippen LogP contribution is 2.11. The van der Waals surface area contributed by atoms with Gasteiger partial charge in [0, 0.05) is 5.57 Å². The second-order valence-corrected chi connectivity index (χ2v) is 3.16. The van der Waals surface area contributed by atoms with Crippen molar-refractivity contribution in [1.82, 2.24) is 0 Å². The fraction of sp³-hybridized carbons (Fsp3) is 0.364. The largest absolute Gasteiger partial charge is 0.491 e. The number of carbonyl (C=O) groups is 1. The summed E-state index contributed by atoms with van der Waals surface area (Å²) in [4.78, 5) is 10.5. The molecule has 0 atom stereocenters. The van der Waals surface area contributed by atoms with E-state index in [0.717, 1.165) is 18.5 Å². The lowest BCUT2D eigenvalue weighted by Gasteiger charge is -2.09. The quantitative estimate of drug-likeness (QED) is 0.620. The van der Waals surface area contributed by atoms with Crippen LogP contribution in [0.1, 0.15) is 20.3 Å². The molecule has 0 spiro atoms. The summed E-state index contributed by atoms with van der Waals surface area (Å²) in [6.45, 7) is 3.96. The van der Waals surface area contributed by atoms with E-state index >= 15 is 0 Å². The molecule has 1 aliphatic rings. The summed E-state index contributed by atoms with van der Waals surface area (Å²) in [6, 6.07) is 0. The predicted molar refractivity (Wildman–Crippen MR) is 52.2 cm³/mol. The molecule has 2 heteroatoms. The molecule has 0 aromatic heterocycles. The fourth-order valence-corrected chi connectivity index (χ4v) is 1.07. The Labute approximate surface area is 78.6 Å². The van der Waals surface area contributed by atoms with Gasteiger partial charge in [-0.2, -0.15) is 0 Å². The van der Waals surface area contributed by atoms with Crippen LogP contribution in [-0.2, 0) is 9.53 Å². The Balaban J connectivity index is 2.63. The van der Waals surface area contributed by atoms with Crippen molar-refractivity contribution in [1.29, 1.82) is 0 Å². The van der Waals surface area contributed by atoms with Gasteiger partial charge in [0.25, 0.3) is 0 Å². The van der Waals surface area contributed by atoms with Crippen LogP contribution in [0.3, 0.4) is 0 Å². The molecule has 0 bridgehead atoms. The molecule has 13 heavy (non-hydrogen) atoms. The molecule has 0 N–H and O–H groups in total. The number of hydrogen-bond acceptors (Lipinski definition) is 2. The zero-order valence-electron chi connectivity index (χ0n) is 7.99. The summed E-state index contributed by atoms with van der Waals surface area (Å²) in [5.41, 5.74) is 0.707. The molecule has 0 amide bonds. The van der Waals surface area contributed by atoms with Crippen LogP contribution in [0.15, 0.2) is 35.6 Å². The van der Waals surface area contributed by atoms with Crippen molar-refractivity contribution < 1.29 is 9.53 Å². The second kappa shape index (κ2) is 4.65. The SMILES string of the molecule is CC(C)OC1=CCC=C(C=O)C=C1. The molecular formula is C11H14O2. The maximum Gasteiger partial charge on any atom is 0.149 e. The zero-order valence-corrected chi connectivity index (χ0v) is 7.99. The third-order valence-corrected chi connectivity index (χ3v) is 1.62. The monoisotopic (exact) mass is 178 g/mol. The molecule has 0 aromatic carbocycles. The third-order valence-electron chi connectivity index (χ3n) is 1.62.